The third-order valence-electron chi connectivity index (χ3n) is 6.99. The highest BCUT2D eigenvalue weighted by atomic mass is 16.3. The van der Waals surface area contributed by atoms with Crippen LogP contribution in [0.15, 0.2) is 0 Å². The third-order valence-corrected chi connectivity index (χ3v) is 6.99. The molecule has 1 aromatic rings. The number of fused-ring (bicyclic) bond motifs is 1. The maximum Gasteiger partial charge on any atom is 0.294 e. The van der Waals surface area contributed by atoms with Crippen LogP contribution in [0.3, 0.4) is 0 Å². The molecule has 0 aromatic carbocycles. The molecular formula is C22H31N3O4. The van der Waals surface area contributed by atoms with Crippen LogP contribution in [0.1, 0.15) is 89.9 Å². The van der Waals surface area contributed by atoms with Gasteiger partial charge in [0.1, 0.15) is 0 Å². The van der Waals surface area contributed by atoms with Gasteiger partial charge < -0.3 is 20.3 Å². The number of carbonyl (C=O) groups is 3. The summed E-state index contributed by atoms with van der Waals surface area (Å²) in [5.41, 5.74) is 1.72. The molecule has 2 aliphatic carbocycles. The van der Waals surface area contributed by atoms with E-state index in [4.69, 9.17) is 0 Å². The lowest BCUT2D eigenvalue weighted by Crippen LogP contribution is -2.57. The van der Waals surface area contributed by atoms with Gasteiger partial charge in [0.15, 0.2) is 0 Å². The van der Waals surface area contributed by atoms with Gasteiger partial charge in [-0.1, -0.05) is 12.8 Å². The van der Waals surface area contributed by atoms with Crippen molar-refractivity contribution in [1.29, 1.82) is 0 Å². The number of rotatable bonds is 6. The van der Waals surface area contributed by atoms with Crippen molar-refractivity contribution < 1.29 is 19.5 Å². The van der Waals surface area contributed by atoms with Crippen LogP contribution in [0.25, 0.3) is 0 Å². The number of Topliss-reactive ketones (excluding diaryl/α,β-unsaturated/α-hetero) is 1. The molecule has 2 heterocycles. The van der Waals surface area contributed by atoms with Crippen LogP contribution < -0.4 is 10.6 Å². The van der Waals surface area contributed by atoms with Crippen LogP contribution in [0, 0.1) is 6.92 Å². The third kappa shape index (κ3) is 3.61. The zero-order valence-electron chi connectivity index (χ0n) is 17.2. The molecule has 0 bridgehead atoms. The fourth-order valence-corrected chi connectivity index (χ4v) is 5.13. The van der Waals surface area contributed by atoms with Crippen molar-refractivity contribution in [2.45, 2.75) is 89.3 Å². The maximum absolute atomic E-state index is 13.1. The van der Waals surface area contributed by atoms with Gasteiger partial charge in [-0.25, -0.2) is 0 Å². The molecule has 3 aliphatic rings. The molecular weight excluding hydrogens is 370 g/mol. The molecule has 4 rings (SSSR count). The number of ketones is 1. The zero-order valence-corrected chi connectivity index (χ0v) is 17.2. The average molecular weight is 402 g/mol. The van der Waals surface area contributed by atoms with Crippen molar-refractivity contribution in [1.82, 2.24) is 15.2 Å². The summed E-state index contributed by atoms with van der Waals surface area (Å²) in [5, 5.41) is 15.5. The number of nitrogens with zero attached hydrogens (tertiary/aromatic N) is 1. The van der Waals surface area contributed by atoms with E-state index in [1.165, 1.54) is 0 Å². The number of aliphatic hydroxyl groups excluding tert-OH is 1. The number of nitrogens with one attached hydrogen (secondary N) is 2. The van der Waals surface area contributed by atoms with Crippen LogP contribution in [0.4, 0.5) is 0 Å². The molecule has 2 saturated carbocycles. The second-order valence-electron chi connectivity index (χ2n) is 8.93. The van der Waals surface area contributed by atoms with E-state index in [1.54, 1.807) is 6.92 Å². The topological polar surface area (TPSA) is 100 Å². The summed E-state index contributed by atoms with van der Waals surface area (Å²) in [6.07, 6.45) is 9.20. The van der Waals surface area contributed by atoms with E-state index in [2.05, 4.69) is 10.6 Å². The average Bonchev–Trinajstić information content (AvgIpc) is 3.28. The molecule has 3 N–H and O–H groups in total. The maximum atomic E-state index is 13.1. The van der Waals surface area contributed by atoms with Gasteiger partial charge in [0.25, 0.3) is 17.6 Å². The molecule has 7 nitrogen and oxygen atoms in total. The highest BCUT2D eigenvalue weighted by molar-refractivity contribution is 6.43. The first-order valence-corrected chi connectivity index (χ1v) is 11.0. The van der Waals surface area contributed by atoms with Gasteiger partial charge in [-0.3, -0.25) is 14.4 Å². The number of aromatic nitrogens is 1. The van der Waals surface area contributed by atoms with Gasteiger partial charge in [-0.2, -0.15) is 0 Å². The minimum atomic E-state index is -0.685. The van der Waals surface area contributed by atoms with Crippen LogP contribution in [-0.2, 0) is 17.8 Å². The Kier molecular flexibility index (Phi) is 5.51. The molecule has 1 aliphatic heterocycles. The summed E-state index contributed by atoms with van der Waals surface area (Å²) in [7, 11) is 0. The van der Waals surface area contributed by atoms with Crippen molar-refractivity contribution in [2.24, 2.45) is 0 Å². The molecule has 2 fully saturated rings. The first-order valence-electron chi connectivity index (χ1n) is 11.0. The van der Waals surface area contributed by atoms with Gasteiger partial charge in [0, 0.05) is 18.3 Å². The molecule has 0 radical (unpaired) electrons. The van der Waals surface area contributed by atoms with Crippen molar-refractivity contribution >= 4 is 17.6 Å². The van der Waals surface area contributed by atoms with Gasteiger partial charge in [-0.05, 0) is 63.9 Å². The summed E-state index contributed by atoms with van der Waals surface area (Å²) in [6.45, 7) is 2.26. The molecule has 29 heavy (non-hydrogen) atoms. The normalized spacial score (nSPS) is 20.6. The Morgan fingerprint density at radius 2 is 1.83 bits per heavy atom. The highest BCUT2D eigenvalue weighted by Gasteiger charge is 2.40. The Morgan fingerprint density at radius 1 is 1.10 bits per heavy atom. The molecule has 1 aromatic heterocycles. The molecule has 0 saturated heterocycles. The molecule has 7 heteroatoms. The Bertz CT molecular complexity index is 826. The number of hydrogen-bond donors (Lipinski definition) is 3. The van der Waals surface area contributed by atoms with E-state index in [9.17, 15) is 19.5 Å². The van der Waals surface area contributed by atoms with Gasteiger partial charge >= 0.3 is 0 Å². The Balaban J connectivity index is 1.62. The number of carbonyl (C=O) groups excluding carboxylic acids is 3. The van der Waals surface area contributed by atoms with Crippen LogP contribution in [0.2, 0.25) is 0 Å². The number of hydrogen-bond acceptors (Lipinski definition) is 4. The first-order chi connectivity index (χ1) is 14.0. The lowest BCUT2D eigenvalue weighted by Gasteiger charge is -2.40. The summed E-state index contributed by atoms with van der Waals surface area (Å²) in [4.78, 5) is 38.9. The predicted octanol–water partition coefficient (Wildman–Crippen LogP) is 2.02. The standard InChI is InChI=1S/C22H31N3O4/c1-14-17(20(28)23-15-7-2-3-8-15)16-9-4-5-12-25(16)18(14)19(27)21(29)24-22(13-26)10-6-11-22/h15,26H,2-13H2,1H3,(H,23,28)(H,24,29). The summed E-state index contributed by atoms with van der Waals surface area (Å²) in [5.74, 6) is -1.41. The fourth-order valence-electron chi connectivity index (χ4n) is 5.13. The number of aliphatic hydroxyl groups is 1. The summed E-state index contributed by atoms with van der Waals surface area (Å²) >= 11 is 0. The lowest BCUT2D eigenvalue weighted by molar-refractivity contribution is -0.120. The van der Waals surface area contributed by atoms with Crippen LogP contribution in [-0.4, -0.2) is 45.5 Å². The van der Waals surface area contributed by atoms with E-state index >= 15 is 0 Å². The monoisotopic (exact) mass is 401 g/mol. The quantitative estimate of drug-likeness (QED) is 0.501. The lowest BCUT2D eigenvalue weighted by atomic mass is 9.77. The zero-order chi connectivity index (χ0) is 20.6. The fraction of sp³-hybridized carbons (Fsp3) is 0.682. The minimum absolute atomic E-state index is 0.120. The Labute approximate surface area is 171 Å². The molecule has 2 amide bonds. The second-order valence-corrected chi connectivity index (χ2v) is 8.93. The van der Waals surface area contributed by atoms with E-state index < -0.39 is 17.2 Å². The molecule has 0 spiro atoms. The van der Waals surface area contributed by atoms with Gasteiger partial charge in [-0.15, -0.1) is 0 Å². The second kappa shape index (κ2) is 7.94. The Hall–Kier alpha value is -2.15. The van der Waals surface area contributed by atoms with Crippen molar-refractivity contribution in [3.63, 3.8) is 0 Å². The van der Waals surface area contributed by atoms with Gasteiger partial charge in [0.05, 0.1) is 23.4 Å². The van der Waals surface area contributed by atoms with Crippen molar-refractivity contribution in [3.05, 3.63) is 22.5 Å². The van der Waals surface area contributed by atoms with Crippen molar-refractivity contribution in [2.75, 3.05) is 6.61 Å². The van der Waals surface area contributed by atoms with Crippen molar-refractivity contribution in [3.8, 4) is 0 Å². The minimum Gasteiger partial charge on any atom is -0.394 e. The van der Waals surface area contributed by atoms with E-state index in [-0.39, 0.29) is 18.6 Å². The number of amides is 2. The summed E-state index contributed by atoms with van der Waals surface area (Å²) in [6, 6.07) is 0.200. The van der Waals surface area contributed by atoms with Crippen LogP contribution >= 0.6 is 0 Å². The van der Waals surface area contributed by atoms with E-state index in [1.807, 2.05) is 4.57 Å². The largest absolute Gasteiger partial charge is 0.394 e. The molecule has 0 unspecified atom stereocenters. The van der Waals surface area contributed by atoms with Gasteiger partial charge in [0.2, 0.25) is 0 Å². The first kappa shape index (κ1) is 20.1. The van der Waals surface area contributed by atoms with E-state index in [0.717, 1.165) is 57.1 Å². The molecule has 0 atom stereocenters. The van der Waals surface area contributed by atoms with E-state index in [0.29, 0.717) is 36.2 Å². The Morgan fingerprint density at radius 3 is 2.45 bits per heavy atom. The SMILES string of the molecule is Cc1c(C(=O)NC2CCCC2)c2n(c1C(=O)C(=O)NC1(CO)CCC1)CCCC2. The van der Waals surface area contributed by atoms with Crippen LogP contribution in [0.5, 0.6) is 0 Å². The smallest absolute Gasteiger partial charge is 0.294 e. The molecule has 158 valence electrons. The predicted molar refractivity (Wildman–Crippen MR) is 108 cm³/mol. The summed E-state index contributed by atoms with van der Waals surface area (Å²) < 4.78 is 1.89. The highest BCUT2D eigenvalue weighted by Crippen LogP contribution is 2.32.